The number of nitrogens with one attached hydrogen (secondary N) is 2. The zero-order chi connectivity index (χ0) is 21.6. The lowest BCUT2D eigenvalue weighted by atomic mass is 9.94. The summed E-state index contributed by atoms with van der Waals surface area (Å²) in [5.74, 6) is 1.30. The van der Waals surface area contributed by atoms with Crippen LogP contribution in [0.15, 0.2) is 42.5 Å². The maximum atomic E-state index is 13.1. The van der Waals surface area contributed by atoms with Crippen LogP contribution in [-0.2, 0) is 23.8 Å². The summed E-state index contributed by atoms with van der Waals surface area (Å²) in [4.78, 5) is 20.0. The lowest BCUT2D eigenvalue weighted by molar-refractivity contribution is -0.132. The number of rotatable bonds is 6. The Morgan fingerprint density at radius 2 is 1.87 bits per heavy atom. The van der Waals surface area contributed by atoms with E-state index < -0.39 is 0 Å². The summed E-state index contributed by atoms with van der Waals surface area (Å²) >= 11 is 0. The minimum absolute atomic E-state index is 0.0642. The quantitative estimate of drug-likeness (QED) is 0.425. The number of aryl methyl sites for hydroxylation is 1. The molecule has 2 aliphatic rings. The van der Waals surface area contributed by atoms with Gasteiger partial charge in [0.05, 0.1) is 23.0 Å². The van der Waals surface area contributed by atoms with Crippen LogP contribution in [0.25, 0.3) is 11.0 Å². The molecule has 1 aliphatic heterocycles. The molecule has 2 fully saturated rings. The second-order valence-corrected chi connectivity index (χ2v) is 8.72. The zero-order valence-electron chi connectivity index (χ0n) is 17.8. The number of fused-ring (bicyclic) bond motifs is 1. The topological polar surface area (TPSA) is 100 Å². The summed E-state index contributed by atoms with van der Waals surface area (Å²) in [6.07, 6.45) is 4.11. The molecule has 1 amide bonds. The second-order valence-electron chi connectivity index (χ2n) is 8.72. The molecule has 31 heavy (non-hydrogen) atoms. The molecule has 1 aliphatic carbocycles. The Morgan fingerprint density at radius 3 is 2.52 bits per heavy atom. The van der Waals surface area contributed by atoms with Gasteiger partial charge >= 0.3 is 0 Å². The molecule has 0 spiro atoms. The first-order valence-electron chi connectivity index (χ1n) is 10.9. The van der Waals surface area contributed by atoms with Gasteiger partial charge in [-0.25, -0.2) is 4.98 Å². The van der Waals surface area contributed by atoms with Gasteiger partial charge in [0.2, 0.25) is 5.91 Å². The molecule has 5 rings (SSSR count). The summed E-state index contributed by atoms with van der Waals surface area (Å²) in [5, 5.41) is 10.9. The molecule has 2 heterocycles. The molecule has 1 saturated carbocycles. The first-order chi connectivity index (χ1) is 15.0. The van der Waals surface area contributed by atoms with Crippen molar-refractivity contribution in [2.75, 3.05) is 18.4 Å². The summed E-state index contributed by atoms with van der Waals surface area (Å²) in [7, 11) is 2.02. The highest BCUT2D eigenvalue weighted by Crippen LogP contribution is 2.50. The van der Waals surface area contributed by atoms with Crippen molar-refractivity contribution in [1.29, 1.82) is 5.41 Å². The van der Waals surface area contributed by atoms with E-state index in [1.165, 1.54) is 0 Å². The number of hydrogen-bond acceptors (Lipinski definition) is 4. The van der Waals surface area contributed by atoms with Gasteiger partial charge in [-0.05, 0) is 67.6 Å². The fourth-order valence-corrected chi connectivity index (χ4v) is 4.63. The second kappa shape index (κ2) is 7.41. The number of carbonyl (C=O) groups excluding carboxylic acids is 1. The molecule has 160 valence electrons. The Labute approximate surface area is 181 Å². The highest BCUT2D eigenvalue weighted by Gasteiger charge is 2.53. The molecule has 0 radical (unpaired) electrons. The van der Waals surface area contributed by atoms with E-state index in [-0.39, 0.29) is 11.3 Å². The number of amidine groups is 1. The Morgan fingerprint density at radius 1 is 1.16 bits per heavy atom. The minimum atomic E-state index is -0.326. The molecule has 0 bridgehead atoms. The number of carbonyl (C=O) groups is 1. The van der Waals surface area contributed by atoms with E-state index in [0.29, 0.717) is 18.0 Å². The number of likely N-dealkylation sites (tertiary alicyclic amines) is 1. The van der Waals surface area contributed by atoms with E-state index >= 15 is 0 Å². The Bertz CT molecular complexity index is 1150. The first kappa shape index (κ1) is 19.6. The number of benzene rings is 2. The van der Waals surface area contributed by atoms with Crippen molar-refractivity contribution in [3.8, 4) is 0 Å². The van der Waals surface area contributed by atoms with Crippen molar-refractivity contribution in [3.63, 3.8) is 0 Å². The van der Waals surface area contributed by atoms with Crippen LogP contribution in [0.5, 0.6) is 0 Å². The van der Waals surface area contributed by atoms with E-state index in [1.807, 2.05) is 36.2 Å². The van der Waals surface area contributed by atoms with Crippen LogP contribution in [-0.4, -0.2) is 39.3 Å². The predicted molar refractivity (Wildman–Crippen MR) is 122 cm³/mol. The highest BCUT2D eigenvalue weighted by atomic mass is 16.2. The average Bonchev–Trinajstić information content (AvgIpc) is 3.28. The number of nitrogens with two attached hydrogens (primary N) is 1. The number of amides is 1. The van der Waals surface area contributed by atoms with Gasteiger partial charge in [0.25, 0.3) is 0 Å². The van der Waals surface area contributed by atoms with E-state index in [1.54, 1.807) is 0 Å². The lowest BCUT2D eigenvalue weighted by Gasteiger charge is -2.23. The molecule has 0 atom stereocenters. The maximum absolute atomic E-state index is 13.1. The standard InChI is InChI=1S/C24H28N6O/c1-29-20-9-6-17(24(10-11-24)23(31)30-12-2-3-13-30)14-19(20)28-21(29)15-27-18-7-4-16(5-8-18)22(25)26/h4-9,14,27H,2-3,10-13,15H2,1H3,(H3,25,26). The molecular weight excluding hydrogens is 388 g/mol. The zero-order valence-corrected chi connectivity index (χ0v) is 17.8. The fourth-order valence-electron chi connectivity index (χ4n) is 4.63. The SMILES string of the molecule is Cn1c(CNc2ccc(C(=N)N)cc2)nc2cc(C3(C(=O)N4CCCC4)CC3)ccc21. The van der Waals surface area contributed by atoms with Crippen LogP contribution in [0.1, 0.15) is 42.6 Å². The number of nitrogen functional groups attached to an aromatic ring is 1. The summed E-state index contributed by atoms with van der Waals surface area (Å²) in [5.41, 5.74) is 9.96. The Hall–Kier alpha value is -3.35. The Kier molecular flexibility index (Phi) is 4.68. The van der Waals surface area contributed by atoms with Crippen LogP contribution >= 0.6 is 0 Å². The van der Waals surface area contributed by atoms with Gasteiger partial charge in [-0.1, -0.05) is 6.07 Å². The first-order valence-corrected chi connectivity index (χ1v) is 10.9. The van der Waals surface area contributed by atoms with Gasteiger partial charge in [0.1, 0.15) is 11.7 Å². The van der Waals surface area contributed by atoms with E-state index in [9.17, 15) is 4.79 Å². The van der Waals surface area contributed by atoms with Crippen molar-refractivity contribution in [1.82, 2.24) is 14.5 Å². The van der Waals surface area contributed by atoms with Gasteiger partial charge in [-0.3, -0.25) is 10.2 Å². The smallest absolute Gasteiger partial charge is 0.233 e. The van der Waals surface area contributed by atoms with Crippen LogP contribution in [0.4, 0.5) is 5.69 Å². The highest BCUT2D eigenvalue weighted by molar-refractivity contribution is 5.95. The van der Waals surface area contributed by atoms with Crippen molar-refractivity contribution >= 4 is 28.5 Å². The maximum Gasteiger partial charge on any atom is 0.233 e. The van der Waals surface area contributed by atoms with Gasteiger partial charge in [-0.2, -0.15) is 0 Å². The number of aromatic nitrogens is 2. The molecule has 2 aromatic carbocycles. The van der Waals surface area contributed by atoms with Gasteiger partial charge < -0.3 is 20.5 Å². The molecule has 1 aromatic heterocycles. The third kappa shape index (κ3) is 3.44. The number of hydrogen-bond donors (Lipinski definition) is 3. The van der Waals surface area contributed by atoms with Crippen LogP contribution in [0.3, 0.4) is 0 Å². The number of imidazole rings is 1. The van der Waals surface area contributed by atoms with E-state index in [4.69, 9.17) is 16.1 Å². The molecular formula is C24H28N6O. The summed E-state index contributed by atoms with van der Waals surface area (Å²) < 4.78 is 2.10. The lowest BCUT2D eigenvalue weighted by Crippen LogP contribution is -2.37. The minimum Gasteiger partial charge on any atom is -0.384 e. The fraction of sp³-hybridized carbons (Fsp3) is 0.375. The summed E-state index contributed by atoms with van der Waals surface area (Å²) in [6.45, 7) is 2.38. The molecule has 3 aromatic rings. The molecule has 7 nitrogen and oxygen atoms in total. The number of nitrogens with zero attached hydrogens (tertiary/aromatic N) is 3. The number of anilines is 1. The molecule has 4 N–H and O–H groups in total. The average molecular weight is 417 g/mol. The third-order valence-electron chi connectivity index (χ3n) is 6.73. The van der Waals surface area contributed by atoms with Crippen LogP contribution in [0, 0.1) is 5.41 Å². The van der Waals surface area contributed by atoms with Crippen LogP contribution < -0.4 is 11.1 Å². The largest absolute Gasteiger partial charge is 0.384 e. The van der Waals surface area contributed by atoms with Gasteiger partial charge in [-0.15, -0.1) is 0 Å². The van der Waals surface area contributed by atoms with Gasteiger partial charge in [0, 0.05) is 31.4 Å². The van der Waals surface area contributed by atoms with Crippen molar-refractivity contribution in [3.05, 3.63) is 59.4 Å². The van der Waals surface area contributed by atoms with E-state index in [2.05, 4.69) is 28.1 Å². The normalized spacial score (nSPS) is 17.1. The van der Waals surface area contributed by atoms with Crippen molar-refractivity contribution in [2.24, 2.45) is 12.8 Å². The molecule has 7 heteroatoms. The van der Waals surface area contributed by atoms with Crippen molar-refractivity contribution < 1.29 is 4.79 Å². The Balaban J connectivity index is 1.36. The van der Waals surface area contributed by atoms with Crippen LogP contribution in [0.2, 0.25) is 0 Å². The third-order valence-corrected chi connectivity index (χ3v) is 6.73. The van der Waals surface area contributed by atoms with E-state index in [0.717, 1.165) is 66.9 Å². The summed E-state index contributed by atoms with van der Waals surface area (Å²) in [6, 6.07) is 13.8. The van der Waals surface area contributed by atoms with Crippen molar-refractivity contribution in [2.45, 2.75) is 37.6 Å². The molecule has 0 unspecified atom stereocenters. The molecule has 1 saturated heterocycles. The monoisotopic (exact) mass is 416 g/mol. The van der Waals surface area contributed by atoms with Gasteiger partial charge in [0.15, 0.2) is 0 Å². The predicted octanol–water partition coefficient (Wildman–Crippen LogP) is 3.12.